The maximum absolute atomic E-state index is 3.91. The highest BCUT2D eigenvalue weighted by Gasteiger charge is 2.37. The van der Waals surface area contributed by atoms with Gasteiger partial charge in [0, 0.05) is 4.88 Å². The van der Waals surface area contributed by atoms with Crippen molar-refractivity contribution in [1.82, 2.24) is 0 Å². The predicted octanol–water partition coefficient (Wildman–Crippen LogP) is 5.84. The summed E-state index contributed by atoms with van der Waals surface area (Å²) in [6.07, 6.45) is 5.50. The number of rotatable bonds is 2. The van der Waals surface area contributed by atoms with Crippen LogP contribution in [-0.2, 0) is 0 Å². The fraction of sp³-hybridized carbons (Fsp3) is 0.667. The van der Waals surface area contributed by atoms with Gasteiger partial charge in [0.25, 0.3) is 0 Å². The highest BCUT2D eigenvalue weighted by Crippen LogP contribution is 2.53. The Balaban J connectivity index is 2.23. The second-order valence-corrected chi connectivity index (χ2v) is 8.15. The van der Waals surface area contributed by atoms with Gasteiger partial charge in [-0.15, -0.1) is 11.3 Å². The summed E-state index contributed by atoms with van der Waals surface area (Å²) >= 11 is 9.39. The van der Waals surface area contributed by atoms with Gasteiger partial charge < -0.3 is 0 Å². The Hall–Kier alpha value is 0.660. The van der Waals surface area contributed by atoms with E-state index in [1.807, 2.05) is 11.3 Å². The first-order valence-electron chi connectivity index (χ1n) is 5.43. The van der Waals surface area contributed by atoms with Crippen molar-refractivity contribution in [1.29, 1.82) is 0 Å². The van der Waals surface area contributed by atoms with E-state index in [2.05, 4.69) is 51.8 Å². The molecule has 1 aromatic heterocycles. The molecule has 0 nitrogen and oxygen atoms in total. The van der Waals surface area contributed by atoms with Gasteiger partial charge in [-0.05, 0) is 52.7 Å². The summed E-state index contributed by atoms with van der Waals surface area (Å²) in [6.45, 7) is 4.59. The molecule has 1 heterocycles. The molecule has 1 atom stereocenters. The summed E-state index contributed by atoms with van der Waals surface area (Å²) in [7, 11) is 0. The third-order valence-electron chi connectivity index (χ3n) is 3.48. The van der Waals surface area contributed by atoms with Crippen molar-refractivity contribution in [3.8, 4) is 0 Å². The normalized spacial score (nSPS) is 21.9. The van der Waals surface area contributed by atoms with E-state index in [1.54, 1.807) is 0 Å². The third-order valence-corrected chi connectivity index (χ3v) is 7.59. The number of hydrogen-bond donors (Lipinski definition) is 0. The lowest BCUT2D eigenvalue weighted by Crippen LogP contribution is -2.16. The second kappa shape index (κ2) is 4.50. The van der Waals surface area contributed by atoms with Crippen LogP contribution >= 0.6 is 43.2 Å². The van der Waals surface area contributed by atoms with Crippen LogP contribution in [0.15, 0.2) is 9.85 Å². The van der Waals surface area contributed by atoms with E-state index in [0.29, 0.717) is 10.2 Å². The molecule has 15 heavy (non-hydrogen) atoms. The van der Waals surface area contributed by atoms with Crippen molar-refractivity contribution < 1.29 is 0 Å². The van der Waals surface area contributed by atoms with E-state index in [9.17, 15) is 0 Å². The SMILES string of the molecule is Cc1cc(C(Br)C2(C)CCCC2)sc1Br. The molecule has 0 radical (unpaired) electrons. The van der Waals surface area contributed by atoms with Gasteiger partial charge in [0.05, 0.1) is 8.61 Å². The standard InChI is InChI=1S/C12H16Br2S/c1-8-7-9(15-11(8)14)10(13)12(2)5-3-4-6-12/h7,10H,3-6H2,1-2H3. The summed E-state index contributed by atoms with van der Waals surface area (Å²) in [5, 5.41) is 0. The highest BCUT2D eigenvalue weighted by molar-refractivity contribution is 9.11. The Morgan fingerprint density at radius 2 is 2.00 bits per heavy atom. The summed E-state index contributed by atoms with van der Waals surface area (Å²) in [5.41, 5.74) is 1.83. The molecule has 84 valence electrons. The van der Waals surface area contributed by atoms with Gasteiger partial charge >= 0.3 is 0 Å². The summed E-state index contributed by atoms with van der Waals surface area (Å²) < 4.78 is 1.28. The van der Waals surface area contributed by atoms with Gasteiger partial charge in [-0.2, -0.15) is 0 Å². The number of halogens is 2. The summed E-state index contributed by atoms with van der Waals surface area (Å²) in [6, 6.07) is 2.32. The molecule has 1 saturated carbocycles. The molecule has 0 saturated heterocycles. The maximum Gasteiger partial charge on any atom is 0.0730 e. The Morgan fingerprint density at radius 1 is 1.40 bits per heavy atom. The van der Waals surface area contributed by atoms with Crippen molar-refractivity contribution in [3.63, 3.8) is 0 Å². The zero-order chi connectivity index (χ0) is 11.1. The molecule has 1 aromatic rings. The number of hydrogen-bond acceptors (Lipinski definition) is 1. The maximum atomic E-state index is 3.91. The number of alkyl halides is 1. The van der Waals surface area contributed by atoms with E-state index in [0.717, 1.165) is 0 Å². The van der Waals surface area contributed by atoms with Crippen molar-refractivity contribution in [2.24, 2.45) is 5.41 Å². The minimum Gasteiger partial charge on any atom is -0.132 e. The zero-order valence-corrected chi connectivity index (χ0v) is 13.1. The fourth-order valence-corrected chi connectivity index (χ4v) is 4.98. The van der Waals surface area contributed by atoms with Crippen LogP contribution in [0.2, 0.25) is 0 Å². The van der Waals surface area contributed by atoms with Gasteiger partial charge in [0.15, 0.2) is 0 Å². The van der Waals surface area contributed by atoms with E-state index in [1.165, 1.54) is 39.9 Å². The molecular formula is C12H16Br2S. The topological polar surface area (TPSA) is 0 Å². The molecule has 1 aliphatic carbocycles. The lowest BCUT2D eigenvalue weighted by Gasteiger charge is -2.29. The predicted molar refractivity (Wildman–Crippen MR) is 75.0 cm³/mol. The number of thiophene rings is 1. The van der Waals surface area contributed by atoms with Gasteiger partial charge in [-0.25, -0.2) is 0 Å². The molecule has 0 spiro atoms. The van der Waals surface area contributed by atoms with Crippen molar-refractivity contribution >= 4 is 43.2 Å². The van der Waals surface area contributed by atoms with Crippen LogP contribution in [0.25, 0.3) is 0 Å². The molecule has 0 aliphatic heterocycles. The van der Waals surface area contributed by atoms with Crippen LogP contribution in [0.3, 0.4) is 0 Å². The van der Waals surface area contributed by atoms with Gasteiger partial charge in [0.2, 0.25) is 0 Å². The van der Waals surface area contributed by atoms with Gasteiger partial charge in [-0.1, -0.05) is 35.7 Å². The highest BCUT2D eigenvalue weighted by atomic mass is 79.9. The van der Waals surface area contributed by atoms with Crippen molar-refractivity contribution in [3.05, 3.63) is 20.3 Å². The lowest BCUT2D eigenvalue weighted by atomic mass is 9.84. The monoisotopic (exact) mass is 350 g/mol. The quantitative estimate of drug-likeness (QED) is 0.587. The van der Waals surface area contributed by atoms with Gasteiger partial charge in [0.1, 0.15) is 0 Å². The fourth-order valence-electron chi connectivity index (χ4n) is 2.39. The van der Waals surface area contributed by atoms with E-state index in [4.69, 9.17) is 0 Å². The molecule has 0 aromatic carbocycles. The molecule has 0 bridgehead atoms. The Bertz CT molecular complexity index is 331. The van der Waals surface area contributed by atoms with E-state index in [-0.39, 0.29) is 0 Å². The van der Waals surface area contributed by atoms with Crippen LogP contribution in [-0.4, -0.2) is 0 Å². The molecule has 2 rings (SSSR count). The molecule has 3 heteroatoms. The first-order valence-corrected chi connectivity index (χ1v) is 7.95. The average Bonchev–Trinajstić information content (AvgIpc) is 2.75. The third kappa shape index (κ3) is 2.34. The molecule has 0 N–H and O–H groups in total. The molecule has 1 fully saturated rings. The number of aryl methyl sites for hydroxylation is 1. The molecule has 1 aliphatic rings. The van der Waals surface area contributed by atoms with E-state index < -0.39 is 0 Å². The first kappa shape index (κ1) is 12.1. The Morgan fingerprint density at radius 3 is 2.47 bits per heavy atom. The van der Waals surface area contributed by atoms with Crippen LogP contribution in [0.4, 0.5) is 0 Å². The van der Waals surface area contributed by atoms with Gasteiger partial charge in [-0.3, -0.25) is 0 Å². The summed E-state index contributed by atoms with van der Waals surface area (Å²) in [5.74, 6) is 0. The Kier molecular flexibility index (Phi) is 3.64. The first-order chi connectivity index (χ1) is 7.03. The minimum absolute atomic E-state index is 0.469. The average molecular weight is 352 g/mol. The zero-order valence-electron chi connectivity index (χ0n) is 9.15. The smallest absolute Gasteiger partial charge is 0.0730 e. The van der Waals surface area contributed by atoms with Crippen molar-refractivity contribution in [2.75, 3.05) is 0 Å². The minimum atomic E-state index is 0.469. The largest absolute Gasteiger partial charge is 0.132 e. The molecule has 1 unspecified atom stereocenters. The molecular weight excluding hydrogens is 336 g/mol. The van der Waals surface area contributed by atoms with E-state index >= 15 is 0 Å². The van der Waals surface area contributed by atoms with Crippen LogP contribution in [0.1, 0.15) is 47.9 Å². The molecule has 0 amide bonds. The van der Waals surface area contributed by atoms with Crippen LogP contribution in [0.5, 0.6) is 0 Å². The Labute approximate surface area is 113 Å². The second-order valence-electron chi connectivity index (χ2n) is 4.83. The lowest BCUT2D eigenvalue weighted by molar-refractivity contribution is 0.334. The van der Waals surface area contributed by atoms with Crippen LogP contribution < -0.4 is 0 Å². The summed E-state index contributed by atoms with van der Waals surface area (Å²) in [4.78, 5) is 2.01. The van der Waals surface area contributed by atoms with Crippen LogP contribution in [0, 0.1) is 12.3 Å². The van der Waals surface area contributed by atoms with Crippen molar-refractivity contribution in [2.45, 2.75) is 44.4 Å².